The Bertz CT molecular complexity index is 2730. The molecule has 4 heteroatoms. The van der Waals surface area contributed by atoms with Crippen molar-refractivity contribution in [2.24, 2.45) is 0 Å². The van der Waals surface area contributed by atoms with E-state index in [1.165, 1.54) is 44.5 Å². The Kier molecular flexibility index (Phi) is 5.57. The Morgan fingerprint density at radius 3 is 1.78 bits per heavy atom. The van der Waals surface area contributed by atoms with Gasteiger partial charge in [-0.05, 0) is 74.3 Å². The molecule has 2 heterocycles. The summed E-state index contributed by atoms with van der Waals surface area (Å²) < 4.78 is 18.2. The van der Waals surface area contributed by atoms with Gasteiger partial charge in [-0.3, -0.25) is 4.57 Å². The zero-order valence-electron chi connectivity index (χ0n) is 27.5. The highest BCUT2D eigenvalue weighted by atomic mass is 31.2. The lowest BCUT2D eigenvalue weighted by molar-refractivity contribution is 0.592. The molecule has 7 aromatic carbocycles. The first kappa shape index (κ1) is 28.1. The largest absolute Gasteiger partial charge is 0.308 e. The van der Waals surface area contributed by atoms with Gasteiger partial charge in [0.1, 0.15) is 5.82 Å². The number of nitrogens with zero attached hydrogens (tertiary/aromatic N) is 2. The van der Waals surface area contributed by atoms with E-state index in [1.807, 2.05) is 36.4 Å². The predicted molar refractivity (Wildman–Crippen MR) is 205 cm³/mol. The molecule has 1 aromatic heterocycles. The van der Waals surface area contributed by atoms with Crippen LogP contribution in [0.5, 0.6) is 0 Å². The molecule has 0 saturated heterocycles. The zero-order valence-corrected chi connectivity index (χ0v) is 28.4. The van der Waals surface area contributed by atoms with Crippen LogP contribution < -0.4 is 15.9 Å². The van der Waals surface area contributed by atoms with Gasteiger partial charge in [0, 0.05) is 27.9 Å². The maximum atomic E-state index is 15.9. The number of imidazole rings is 1. The van der Waals surface area contributed by atoms with Gasteiger partial charge in [-0.25, -0.2) is 4.98 Å². The van der Waals surface area contributed by atoms with E-state index in [9.17, 15) is 0 Å². The molecule has 1 atom stereocenters. The number of fused-ring (bicyclic) bond motifs is 12. The molecule has 8 aromatic rings. The van der Waals surface area contributed by atoms with E-state index in [-0.39, 0.29) is 0 Å². The molecule has 50 heavy (non-hydrogen) atoms. The summed E-state index contributed by atoms with van der Waals surface area (Å²) in [5.41, 5.74) is 15.0. The number of benzene rings is 7. The minimum Gasteiger partial charge on any atom is -0.308 e. The van der Waals surface area contributed by atoms with Crippen LogP contribution in [-0.2, 0) is 16.4 Å². The van der Waals surface area contributed by atoms with Gasteiger partial charge in [0.2, 0.25) is 0 Å². The number of para-hydroxylation sites is 2. The second-order valence-corrected chi connectivity index (χ2v) is 16.3. The fourth-order valence-corrected chi connectivity index (χ4v) is 12.5. The van der Waals surface area contributed by atoms with E-state index >= 15 is 4.57 Å². The molecule has 11 rings (SSSR count). The summed E-state index contributed by atoms with van der Waals surface area (Å²) in [6.45, 7) is 2.16. The maximum Gasteiger partial charge on any atom is 0.175 e. The van der Waals surface area contributed by atoms with Crippen molar-refractivity contribution in [2.75, 3.05) is 0 Å². The van der Waals surface area contributed by atoms with E-state index in [2.05, 4.69) is 133 Å². The third-order valence-corrected chi connectivity index (χ3v) is 14.5. The Morgan fingerprint density at radius 1 is 0.560 bits per heavy atom. The minimum atomic E-state index is -3.25. The fraction of sp³-hybridized carbons (Fsp3) is 0.0652. The molecule has 0 N–H and O–H groups in total. The molecule has 0 saturated carbocycles. The highest BCUT2D eigenvalue weighted by Crippen LogP contribution is 2.63. The molecular formula is C46H31N2OP. The van der Waals surface area contributed by atoms with Crippen LogP contribution in [0, 0.1) is 0 Å². The smallest absolute Gasteiger partial charge is 0.175 e. The molecule has 1 unspecified atom stereocenters. The summed E-state index contributed by atoms with van der Waals surface area (Å²) in [5, 5.41) is 2.57. The lowest BCUT2D eigenvalue weighted by Gasteiger charge is -2.32. The molecule has 3 nitrogen and oxygen atoms in total. The quantitative estimate of drug-likeness (QED) is 0.177. The summed E-state index contributed by atoms with van der Waals surface area (Å²) in [7, 11) is -3.25. The van der Waals surface area contributed by atoms with Crippen LogP contribution in [0.1, 0.15) is 35.0 Å². The average molecular weight is 659 g/mol. The Morgan fingerprint density at radius 2 is 1.12 bits per heavy atom. The Labute approximate surface area is 290 Å². The Hall–Kier alpha value is -5.76. The first-order valence-electron chi connectivity index (χ1n) is 17.4. The predicted octanol–water partition coefficient (Wildman–Crippen LogP) is 9.55. The molecule has 0 radical (unpaired) electrons. The van der Waals surface area contributed by atoms with E-state index in [1.54, 1.807) is 0 Å². The van der Waals surface area contributed by atoms with Crippen LogP contribution in [0.25, 0.3) is 50.1 Å². The van der Waals surface area contributed by atoms with Crippen molar-refractivity contribution in [3.63, 3.8) is 0 Å². The van der Waals surface area contributed by atoms with Crippen LogP contribution in [0.3, 0.4) is 0 Å². The van der Waals surface area contributed by atoms with Gasteiger partial charge < -0.3 is 4.57 Å². The van der Waals surface area contributed by atoms with Gasteiger partial charge in [-0.15, -0.1) is 0 Å². The molecule has 0 amide bonds. The second-order valence-electron chi connectivity index (χ2n) is 13.6. The van der Waals surface area contributed by atoms with Crippen LogP contribution in [0.15, 0.2) is 158 Å². The third kappa shape index (κ3) is 3.27. The molecule has 3 aliphatic rings. The number of hydrogen-bond acceptors (Lipinski definition) is 2. The number of aryl methyl sites for hydroxylation is 1. The van der Waals surface area contributed by atoms with Crippen LogP contribution in [-0.4, -0.2) is 9.55 Å². The van der Waals surface area contributed by atoms with Crippen molar-refractivity contribution in [2.45, 2.75) is 18.8 Å². The van der Waals surface area contributed by atoms with Gasteiger partial charge in [0.05, 0.1) is 22.1 Å². The molecule has 2 aliphatic carbocycles. The SMILES string of the molecule is CCc1nc2cccc3c2n1-c1c(-c2ccc4c(c2)C2(c5ccccc5-c5ccccc52)c2ccccc2-4)cccc1P3(=O)c1ccccc1. The summed E-state index contributed by atoms with van der Waals surface area (Å²) in [5.74, 6) is 0.976. The molecule has 0 bridgehead atoms. The molecule has 1 spiro atoms. The van der Waals surface area contributed by atoms with Gasteiger partial charge in [0.15, 0.2) is 7.14 Å². The summed E-state index contributed by atoms with van der Waals surface area (Å²) >= 11 is 0. The summed E-state index contributed by atoms with van der Waals surface area (Å²) in [4.78, 5) is 5.13. The maximum absolute atomic E-state index is 15.9. The fourth-order valence-electron chi connectivity index (χ4n) is 9.45. The van der Waals surface area contributed by atoms with E-state index in [0.717, 1.165) is 56.0 Å². The topological polar surface area (TPSA) is 34.9 Å². The first-order valence-corrected chi connectivity index (χ1v) is 19.1. The van der Waals surface area contributed by atoms with Crippen molar-refractivity contribution in [3.8, 4) is 39.1 Å². The monoisotopic (exact) mass is 658 g/mol. The lowest BCUT2D eigenvalue weighted by Crippen LogP contribution is -2.33. The van der Waals surface area contributed by atoms with Crippen molar-refractivity contribution in [1.29, 1.82) is 0 Å². The van der Waals surface area contributed by atoms with Gasteiger partial charge in [-0.2, -0.15) is 0 Å². The lowest BCUT2D eigenvalue weighted by atomic mass is 9.70. The number of rotatable bonds is 3. The highest BCUT2D eigenvalue weighted by Gasteiger charge is 2.51. The molecule has 1 aliphatic heterocycles. The number of aromatic nitrogens is 2. The zero-order chi connectivity index (χ0) is 33.2. The standard InChI is InChI=1S/C46H31N2OP/c1-2-43-47-40-23-13-25-42-45(40)48(43)44-31(19-12-24-41(44)50(42,49)30-14-4-3-5-15-30)29-26-27-35-34-18-8-11-22-38(34)46(39(35)28-29)36-20-9-6-16-32(36)33-17-7-10-21-37(33)46/h3-28H,2H2,1H3. The molecule has 236 valence electrons. The van der Waals surface area contributed by atoms with E-state index in [4.69, 9.17) is 4.98 Å². The molecule has 0 fully saturated rings. The number of hydrogen-bond donors (Lipinski definition) is 0. The second kappa shape index (κ2) is 9.91. The van der Waals surface area contributed by atoms with Crippen molar-refractivity contribution in [3.05, 3.63) is 186 Å². The third-order valence-electron chi connectivity index (χ3n) is 11.4. The summed E-state index contributed by atoms with van der Waals surface area (Å²) in [6.07, 6.45) is 0.758. The average Bonchev–Trinajstić information content (AvgIpc) is 3.81. The van der Waals surface area contributed by atoms with Gasteiger partial charge >= 0.3 is 0 Å². The van der Waals surface area contributed by atoms with Crippen molar-refractivity contribution >= 4 is 34.1 Å². The highest BCUT2D eigenvalue weighted by molar-refractivity contribution is 7.86. The first-order chi connectivity index (χ1) is 24.7. The van der Waals surface area contributed by atoms with Crippen LogP contribution >= 0.6 is 7.14 Å². The van der Waals surface area contributed by atoms with Crippen molar-refractivity contribution in [1.82, 2.24) is 9.55 Å². The van der Waals surface area contributed by atoms with Crippen molar-refractivity contribution < 1.29 is 4.57 Å². The molecular weight excluding hydrogens is 627 g/mol. The van der Waals surface area contributed by atoms with Crippen LogP contribution in [0.4, 0.5) is 0 Å². The Balaban J connectivity index is 1.25. The van der Waals surface area contributed by atoms with E-state index in [0.29, 0.717) is 0 Å². The summed E-state index contributed by atoms with van der Waals surface area (Å²) in [6, 6.07) is 56.3. The van der Waals surface area contributed by atoms with Crippen LogP contribution in [0.2, 0.25) is 0 Å². The normalized spacial score (nSPS) is 16.9. The van der Waals surface area contributed by atoms with E-state index < -0.39 is 12.6 Å². The van der Waals surface area contributed by atoms with Gasteiger partial charge in [0.25, 0.3) is 0 Å². The minimum absolute atomic E-state index is 0.438. The van der Waals surface area contributed by atoms with Gasteiger partial charge in [-0.1, -0.05) is 140 Å².